The highest BCUT2D eigenvalue weighted by atomic mass is 14.0. The Morgan fingerprint density at radius 3 is 0.786 bits per heavy atom. The van der Waals surface area contributed by atoms with Gasteiger partial charge in [-0.25, -0.2) is 0 Å². The van der Waals surface area contributed by atoms with Crippen molar-refractivity contribution in [2.75, 3.05) is 0 Å². The first kappa shape index (κ1) is 24.7. The van der Waals surface area contributed by atoms with Crippen LogP contribution in [0.1, 0.15) is 117 Å². The Kier molecular flexibility index (Phi) is 16.8. The van der Waals surface area contributed by atoms with Crippen molar-refractivity contribution in [2.24, 2.45) is 0 Å². The summed E-state index contributed by atoms with van der Waals surface area (Å²) in [6, 6.07) is 16.7. The normalized spacial score (nSPS) is 10.6. The third-order valence-corrected chi connectivity index (χ3v) is 5.62. The summed E-state index contributed by atoms with van der Waals surface area (Å²) in [6.45, 7) is 4.59. The molecule has 2 aromatic rings. The second-order valence-electron chi connectivity index (χ2n) is 8.30. The Balaban J connectivity index is 0.000000324. The van der Waals surface area contributed by atoms with Crippen molar-refractivity contribution in [3.8, 4) is 0 Å². The molecule has 0 saturated heterocycles. The van der Waals surface area contributed by atoms with E-state index in [1.807, 2.05) is 0 Å². The fourth-order valence-corrected chi connectivity index (χ4v) is 3.75. The third-order valence-electron chi connectivity index (χ3n) is 5.62. The van der Waals surface area contributed by atoms with Crippen LogP contribution in [0.4, 0.5) is 0 Å². The van der Waals surface area contributed by atoms with E-state index in [-0.39, 0.29) is 0 Å². The number of fused-ring (bicyclic) bond motifs is 1. The molecule has 0 nitrogen and oxygen atoms in total. The predicted molar refractivity (Wildman–Crippen MR) is 129 cm³/mol. The van der Waals surface area contributed by atoms with Gasteiger partial charge in [0, 0.05) is 0 Å². The van der Waals surface area contributed by atoms with Crippen LogP contribution < -0.4 is 0 Å². The molecule has 28 heavy (non-hydrogen) atoms. The average molecular weight is 383 g/mol. The van der Waals surface area contributed by atoms with Crippen molar-refractivity contribution in [3.63, 3.8) is 0 Å². The van der Waals surface area contributed by atoms with Gasteiger partial charge in [0.05, 0.1) is 0 Å². The molecule has 0 aliphatic rings. The third kappa shape index (κ3) is 13.8. The average Bonchev–Trinajstić information content (AvgIpc) is 2.74. The van der Waals surface area contributed by atoms with Crippen LogP contribution in [-0.4, -0.2) is 0 Å². The lowest BCUT2D eigenvalue weighted by molar-refractivity contribution is 0.531. The van der Waals surface area contributed by atoms with E-state index in [1.165, 1.54) is 114 Å². The Hall–Kier alpha value is -1.30. The monoisotopic (exact) mass is 382 g/mol. The number of hydrogen-bond acceptors (Lipinski definition) is 0. The molecule has 0 aliphatic heterocycles. The van der Waals surface area contributed by atoms with E-state index in [9.17, 15) is 0 Å². The van der Waals surface area contributed by atoms with Crippen LogP contribution in [0.3, 0.4) is 0 Å². The van der Waals surface area contributed by atoms with Crippen LogP contribution in [0.5, 0.6) is 0 Å². The molecule has 2 rings (SSSR count). The fourth-order valence-electron chi connectivity index (χ4n) is 3.75. The Morgan fingerprint density at radius 1 is 0.357 bits per heavy atom. The van der Waals surface area contributed by atoms with E-state index in [0.29, 0.717) is 0 Å². The van der Waals surface area contributed by atoms with Crippen molar-refractivity contribution in [3.05, 3.63) is 48.5 Å². The quantitative estimate of drug-likeness (QED) is 0.269. The first-order chi connectivity index (χ1) is 13.9. The van der Waals surface area contributed by atoms with Gasteiger partial charge in [-0.2, -0.15) is 0 Å². The molecular weight excluding hydrogens is 336 g/mol. The van der Waals surface area contributed by atoms with E-state index in [0.717, 1.165) is 0 Å². The van der Waals surface area contributed by atoms with Gasteiger partial charge in [-0.1, -0.05) is 165 Å². The van der Waals surface area contributed by atoms with Crippen LogP contribution in [0.25, 0.3) is 10.8 Å². The summed E-state index contributed by atoms with van der Waals surface area (Å²) < 4.78 is 0. The smallest absolute Gasteiger partial charge is 0.0184 e. The molecule has 158 valence electrons. The molecule has 0 radical (unpaired) electrons. The van der Waals surface area contributed by atoms with Gasteiger partial charge in [-0.3, -0.25) is 0 Å². The summed E-state index contributed by atoms with van der Waals surface area (Å²) in [5.74, 6) is 0. The first-order valence-electron chi connectivity index (χ1n) is 12.3. The van der Waals surface area contributed by atoms with Gasteiger partial charge in [0.15, 0.2) is 0 Å². The van der Waals surface area contributed by atoms with Gasteiger partial charge < -0.3 is 0 Å². The maximum absolute atomic E-state index is 2.29. The molecule has 0 aromatic heterocycles. The minimum atomic E-state index is 1.31. The number of hydrogen-bond donors (Lipinski definition) is 0. The Bertz CT molecular complexity index is 475. The van der Waals surface area contributed by atoms with Gasteiger partial charge in [0.25, 0.3) is 0 Å². The maximum Gasteiger partial charge on any atom is -0.0184 e. The van der Waals surface area contributed by atoms with Crippen LogP contribution in [0, 0.1) is 0 Å². The molecule has 0 aliphatic carbocycles. The van der Waals surface area contributed by atoms with E-state index in [4.69, 9.17) is 0 Å². The van der Waals surface area contributed by atoms with Gasteiger partial charge in [-0.05, 0) is 10.8 Å². The molecule has 0 saturated carbocycles. The van der Waals surface area contributed by atoms with Crippen LogP contribution in [0.15, 0.2) is 48.5 Å². The highest BCUT2D eigenvalue weighted by Gasteiger charge is 1.93. The van der Waals surface area contributed by atoms with E-state index >= 15 is 0 Å². The molecule has 0 heterocycles. The molecule has 0 unspecified atom stereocenters. The maximum atomic E-state index is 2.29. The fraction of sp³-hybridized carbons (Fsp3) is 0.643. The summed E-state index contributed by atoms with van der Waals surface area (Å²) in [5, 5.41) is 2.62. The van der Waals surface area contributed by atoms with Crippen molar-refractivity contribution in [2.45, 2.75) is 117 Å². The zero-order chi connectivity index (χ0) is 20.1. The Labute approximate surface area is 176 Å². The topological polar surface area (TPSA) is 0 Å². The largest absolute Gasteiger partial charge is 0.0654 e. The molecule has 2 aromatic carbocycles. The lowest BCUT2D eigenvalue weighted by Crippen LogP contribution is -1.83. The van der Waals surface area contributed by atoms with Crippen LogP contribution in [0.2, 0.25) is 0 Å². The Morgan fingerprint density at radius 2 is 0.571 bits per heavy atom. The summed E-state index contributed by atoms with van der Waals surface area (Å²) in [4.78, 5) is 0. The lowest BCUT2D eigenvalue weighted by Gasteiger charge is -2.03. The van der Waals surface area contributed by atoms with Crippen molar-refractivity contribution in [1.29, 1.82) is 0 Å². The zero-order valence-electron chi connectivity index (χ0n) is 18.9. The highest BCUT2D eigenvalue weighted by Crippen LogP contribution is 2.13. The molecule has 0 amide bonds. The number of unbranched alkanes of at least 4 members (excludes halogenated alkanes) is 15. The van der Waals surface area contributed by atoms with E-state index in [2.05, 4.69) is 62.4 Å². The highest BCUT2D eigenvalue weighted by molar-refractivity contribution is 5.81. The summed E-state index contributed by atoms with van der Waals surface area (Å²) in [7, 11) is 0. The van der Waals surface area contributed by atoms with E-state index < -0.39 is 0 Å². The van der Waals surface area contributed by atoms with Gasteiger partial charge in [0.2, 0.25) is 0 Å². The summed E-state index contributed by atoms with van der Waals surface area (Å²) >= 11 is 0. The second-order valence-corrected chi connectivity index (χ2v) is 8.30. The molecule has 0 atom stereocenters. The summed E-state index contributed by atoms with van der Waals surface area (Å²) in [6.07, 6.45) is 23.4. The first-order valence-corrected chi connectivity index (χ1v) is 12.3. The van der Waals surface area contributed by atoms with Gasteiger partial charge in [0.1, 0.15) is 0 Å². The predicted octanol–water partition coefficient (Wildman–Crippen LogP) is 10.1. The van der Waals surface area contributed by atoms with E-state index in [1.54, 1.807) is 0 Å². The van der Waals surface area contributed by atoms with Gasteiger partial charge in [-0.15, -0.1) is 0 Å². The van der Waals surface area contributed by atoms with Crippen molar-refractivity contribution >= 4 is 10.8 Å². The molecule has 0 bridgehead atoms. The molecule has 0 heteroatoms. The number of rotatable bonds is 15. The SMILES string of the molecule is CCCCCCCCCCCCCCCCCC.c1ccc2ccccc2c1. The summed E-state index contributed by atoms with van der Waals surface area (Å²) in [5.41, 5.74) is 0. The minimum absolute atomic E-state index is 1.31. The standard InChI is InChI=1S/C18H38.C10H8/c1-3-5-7-9-11-13-15-17-18-16-14-12-10-8-6-4-2;1-2-6-10-8-4-3-7-9(10)5-1/h3-18H2,1-2H3;1-8H. The lowest BCUT2D eigenvalue weighted by atomic mass is 10.0. The van der Waals surface area contributed by atoms with Crippen LogP contribution >= 0.6 is 0 Å². The molecular formula is C28H46. The zero-order valence-corrected chi connectivity index (χ0v) is 18.9. The van der Waals surface area contributed by atoms with Gasteiger partial charge >= 0.3 is 0 Å². The number of benzene rings is 2. The van der Waals surface area contributed by atoms with Crippen molar-refractivity contribution < 1.29 is 0 Å². The van der Waals surface area contributed by atoms with Crippen LogP contribution in [-0.2, 0) is 0 Å². The molecule has 0 spiro atoms. The minimum Gasteiger partial charge on any atom is -0.0654 e. The second kappa shape index (κ2) is 19.0. The van der Waals surface area contributed by atoms with Crippen molar-refractivity contribution in [1.82, 2.24) is 0 Å². The molecule has 0 fully saturated rings. The molecule has 0 N–H and O–H groups in total.